The van der Waals surface area contributed by atoms with Crippen molar-refractivity contribution in [1.82, 2.24) is 15.6 Å². The molecule has 0 fully saturated rings. The first-order valence-electron chi connectivity index (χ1n) is 8.42. The molecule has 1 heterocycles. The van der Waals surface area contributed by atoms with Gasteiger partial charge >= 0.3 is 0 Å². The Morgan fingerprint density at radius 2 is 1.88 bits per heavy atom. The monoisotopic (exact) mass is 327 g/mol. The molecule has 0 saturated carbocycles. The fourth-order valence-electron chi connectivity index (χ4n) is 2.42. The summed E-state index contributed by atoms with van der Waals surface area (Å²) >= 11 is 0. The Balaban J connectivity index is 2.30. The van der Waals surface area contributed by atoms with E-state index in [2.05, 4.69) is 15.6 Å². The average Bonchev–Trinajstić information content (AvgIpc) is 2.58. The first-order chi connectivity index (χ1) is 11.4. The minimum absolute atomic E-state index is 0.173. The minimum atomic E-state index is -0.585. The Morgan fingerprint density at radius 1 is 1.17 bits per heavy atom. The van der Waals surface area contributed by atoms with E-state index >= 15 is 0 Å². The molecule has 0 spiro atoms. The van der Waals surface area contributed by atoms with Gasteiger partial charge in [0.05, 0.1) is 11.1 Å². The van der Waals surface area contributed by atoms with Gasteiger partial charge in [-0.05, 0) is 31.4 Å². The maximum atomic E-state index is 12.7. The summed E-state index contributed by atoms with van der Waals surface area (Å²) in [5, 5.41) is 6.37. The number of nitrogens with zero attached hydrogens (tertiary/aromatic N) is 1. The molecule has 1 aromatic heterocycles. The smallest absolute Gasteiger partial charge is 0.252 e. The van der Waals surface area contributed by atoms with Crippen molar-refractivity contribution in [2.24, 2.45) is 0 Å². The number of amides is 2. The van der Waals surface area contributed by atoms with Gasteiger partial charge in [0.1, 0.15) is 6.04 Å². The second-order valence-corrected chi connectivity index (χ2v) is 6.25. The van der Waals surface area contributed by atoms with Crippen LogP contribution in [0.15, 0.2) is 30.3 Å². The minimum Gasteiger partial charge on any atom is -0.354 e. The summed E-state index contributed by atoms with van der Waals surface area (Å²) in [4.78, 5) is 29.3. The SMILES string of the molecule is CCCNC(=O)C(C)NC(=O)c1cc(C(C)C)nc2ccccc12. The van der Waals surface area contributed by atoms with Crippen molar-refractivity contribution in [1.29, 1.82) is 0 Å². The Kier molecular flexibility index (Phi) is 5.90. The van der Waals surface area contributed by atoms with Crippen LogP contribution in [-0.4, -0.2) is 29.4 Å². The van der Waals surface area contributed by atoms with Crippen molar-refractivity contribution >= 4 is 22.7 Å². The zero-order chi connectivity index (χ0) is 17.7. The molecule has 1 aromatic carbocycles. The number of aromatic nitrogens is 1. The summed E-state index contributed by atoms with van der Waals surface area (Å²) in [7, 11) is 0. The van der Waals surface area contributed by atoms with E-state index in [9.17, 15) is 9.59 Å². The number of nitrogens with one attached hydrogen (secondary N) is 2. The average molecular weight is 327 g/mol. The summed E-state index contributed by atoms with van der Waals surface area (Å²) in [5.74, 6) is -0.214. The molecule has 0 radical (unpaired) electrons. The van der Waals surface area contributed by atoms with Crippen LogP contribution in [0.5, 0.6) is 0 Å². The zero-order valence-electron chi connectivity index (χ0n) is 14.7. The maximum Gasteiger partial charge on any atom is 0.252 e. The van der Waals surface area contributed by atoms with Gasteiger partial charge in [-0.1, -0.05) is 39.0 Å². The van der Waals surface area contributed by atoms with Gasteiger partial charge in [0.15, 0.2) is 0 Å². The first kappa shape index (κ1) is 17.9. The normalized spacial score (nSPS) is 12.2. The van der Waals surface area contributed by atoms with E-state index in [0.29, 0.717) is 12.1 Å². The molecular formula is C19H25N3O2. The number of carbonyl (C=O) groups is 2. The standard InChI is InChI=1S/C19H25N3O2/c1-5-10-20-18(23)13(4)21-19(24)15-11-17(12(2)3)22-16-9-7-6-8-14(15)16/h6-9,11-13H,5,10H2,1-4H3,(H,20,23)(H,21,24). The highest BCUT2D eigenvalue weighted by Gasteiger charge is 2.19. The third-order valence-corrected chi connectivity index (χ3v) is 3.86. The van der Waals surface area contributed by atoms with Crippen LogP contribution in [0.1, 0.15) is 56.1 Å². The number of pyridine rings is 1. The Bertz CT molecular complexity index is 740. The summed E-state index contributed by atoms with van der Waals surface area (Å²) < 4.78 is 0. The topological polar surface area (TPSA) is 71.1 Å². The first-order valence-corrected chi connectivity index (χ1v) is 8.42. The summed E-state index contributed by atoms with van der Waals surface area (Å²) in [6, 6.07) is 8.80. The molecule has 0 aliphatic carbocycles. The van der Waals surface area contributed by atoms with Gasteiger partial charge < -0.3 is 10.6 Å². The summed E-state index contributed by atoms with van der Waals surface area (Å²) in [5.41, 5.74) is 2.21. The van der Waals surface area contributed by atoms with Gasteiger partial charge in [0, 0.05) is 17.6 Å². The van der Waals surface area contributed by atoms with E-state index in [0.717, 1.165) is 23.0 Å². The quantitative estimate of drug-likeness (QED) is 0.857. The van der Waals surface area contributed by atoms with E-state index in [4.69, 9.17) is 0 Å². The lowest BCUT2D eigenvalue weighted by Gasteiger charge is -2.16. The highest BCUT2D eigenvalue weighted by molar-refractivity contribution is 6.07. The molecule has 0 aliphatic rings. The summed E-state index contributed by atoms with van der Waals surface area (Å²) in [6.07, 6.45) is 0.860. The third kappa shape index (κ3) is 4.10. The van der Waals surface area contributed by atoms with Gasteiger partial charge in [-0.15, -0.1) is 0 Å². The lowest BCUT2D eigenvalue weighted by atomic mass is 10.0. The number of rotatable bonds is 6. The van der Waals surface area contributed by atoms with Crippen LogP contribution in [0.25, 0.3) is 10.9 Å². The number of para-hydroxylation sites is 1. The molecule has 2 aromatic rings. The van der Waals surface area contributed by atoms with Crippen LogP contribution in [0, 0.1) is 0 Å². The molecule has 128 valence electrons. The number of hydrogen-bond acceptors (Lipinski definition) is 3. The number of benzene rings is 1. The lowest BCUT2D eigenvalue weighted by molar-refractivity contribution is -0.122. The van der Waals surface area contributed by atoms with Crippen molar-refractivity contribution in [3.05, 3.63) is 41.6 Å². The van der Waals surface area contributed by atoms with Crippen molar-refractivity contribution in [2.75, 3.05) is 6.54 Å². The molecule has 24 heavy (non-hydrogen) atoms. The van der Waals surface area contributed by atoms with Crippen LogP contribution in [0.3, 0.4) is 0 Å². The van der Waals surface area contributed by atoms with Gasteiger partial charge in [-0.3, -0.25) is 14.6 Å². The predicted octanol–water partition coefficient (Wildman–Crippen LogP) is 3.00. The van der Waals surface area contributed by atoms with Gasteiger partial charge in [0.2, 0.25) is 5.91 Å². The van der Waals surface area contributed by atoms with Gasteiger partial charge in [-0.2, -0.15) is 0 Å². The predicted molar refractivity (Wildman–Crippen MR) is 96.1 cm³/mol. The zero-order valence-corrected chi connectivity index (χ0v) is 14.7. The number of fused-ring (bicyclic) bond motifs is 1. The van der Waals surface area contributed by atoms with E-state index in [1.165, 1.54) is 0 Å². The molecule has 5 nitrogen and oxygen atoms in total. The molecule has 0 saturated heterocycles. The lowest BCUT2D eigenvalue weighted by Crippen LogP contribution is -2.45. The molecule has 0 aliphatic heterocycles. The molecule has 1 unspecified atom stereocenters. The van der Waals surface area contributed by atoms with E-state index in [1.807, 2.05) is 51.1 Å². The van der Waals surface area contributed by atoms with Crippen molar-refractivity contribution in [3.63, 3.8) is 0 Å². The van der Waals surface area contributed by atoms with Crippen molar-refractivity contribution in [2.45, 2.75) is 46.1 Å². The van der Waals surface area contributed by atoms with Crippen LogP contribution in [0.2, 0.25) is 0 Å². The fraction of sp³-hybridized carbons (Fsp3) is 0.421. The van der Waals surface area contributed by atoms with Crippen LogP contribution >= 0.6 is 0 Å². The molecular weight excluding hydrogens is 302 g/mol. The molecule has 2 amide bonds. The van der Waals surface area contributed by atoms with Crippen LogP contribution in [-0.2, 0) is 4.79 Å². The molecule has 2 rings (SSSR count). The fourth-order valence-corrected chi connectivity index (χ4v) is 2.42. The van der Waals surface area contributed by atoms with Crippen molar-refractivity contribution in [3.8, 4) is 0 Å². The number of carbonyl (C=O) groups excluding carboxylic acids is 2. The van der Waals surface area contributed by atoms with Crippen LogP contribution < -0.4 is 10.6 Å². The molecule has 2 N–H and O–H groups in total. The molecule has 5 heteroatoms. The van der Waals surface area contributed by atoms with E-state index < -0.39 is 6.04 Å². The van der Waals surface area contributed by atoms with Crippen molar-refractivity contribution < 1.29 is 9.59 Å². The maximum absolute atomic E-state index is 12.7. The Labute approximate surface area is 142 Å². The summed E-state index contributed by atoms with van der Waals surface area (Å²) in [6.45, 7) is 8.36. The highest BCUT2D eigenvalue weighted by atomic mass is 16.2. The van der Waals surface area contributed by atoms with E-state index in [1.54, 1.807) is 6.92 Å². The third-order valence-electron chi connectivity index (χ3n) is 3.86. The molecule has 0 bridgehead atoms. The second kappa shape index (κ2) is 7.90. The van der Waals surface area contributed by atoms with Crippen LogP contribution in [0.4, 0.5) is 0 Å². The Morgan fingerprint density at radius 3 is 2.54 bits per heavy atom. The Hall–Kier alpha value is -2.43. The number of hydrogen-bond donors (Lipinski definition) is 2. The highest BCUT2D eigenvalue weighted by Crippen LogP contribution is 2.22. The largest absolute Gasteiger partial charge is 0.354 e. The van der Waals surface area contributed by atoms with Gasteiger partial charge in [-0.25, -0.2) is 0 Å². The second-order valence-electron chi connectivity index (χ2n) is 6.25. The van der Waals surface area contributed by atoms with Gasteiger partial charge in [0.25, 0.3) is 5.91 Å². The molecule has 1 atom stereocenters. The van der Waals surface area contributed by atoms with E-state index in [-0.39, 0.29) is 17.7 Å².